The molecule has 220 valence electrons. The lowest BCUT2D eigenvalue weighted by Crippen LogP contribution is -2.48. The minimum atomic E-state index is -4.38. The van der Waals surface area contributed by atoms with Crippen LogP contribution < -0.4 is 5.32 Å². The molecule has 0 unspecified atom stereocenters. The van der Waals surface area contributed by atoms with Crippen molar-refractivity contribution in [3.05, 3.63) is 106 Å². The van der Waals surface area contributed by atoms with E-state index in [0.29, 0.717) is 29.5 Å². The second kappa shape index (κ2) is 12.6. The lowest BCUT2D eigenvalue weighted by molar-refractivity contribution is -0.137. The van der Waals surface area contributed by atoms with Crippen LogP contribution in [0.15, 0.2) is 72.8 Å². The minimum Gasteiger partial charge on any atom is -0.342 e. The number of para-hydroxylation sites is 1. The summed E-state index contributed by atoms with van der Waals surface area (Å²) in [4.78, 5) is 25.6. The molecule has 0 saturated carbocycles. The Morgan fingerprint density at radius 1 is 1.05 bits per heavy atom. The first-order valence-electron chi connectivity index (χ1n) is 13.9. The Bertz CT molecular complexity index is 1510. The third-order valence-electron chi connectivity index (χ3n) is 7.68. The molecule has 42 heavy (non-hydrogen) atoms. The topological polar surface area (TPSA) is 64.3 Å². The number of aryl methyl sites for hydroxylation is 2. The monoisotopic (exact) mass is 595 g/mol. The maximum Gasteiger partial charge on any atom is 0.416 e. The van der Waals surface area contributed by atoms with Gasteiger partial charge in [0.2, 0.25) is 0 Å². The molecule has 0 aliphatic carbocycles. The second-order valence-corrected chi connectivity index (χ2v) is 11.2. The van der Waals surface area contributed by atoms with Crippen molar-refractivity contribution < 1.29 is 18.0 Å². The van der Waals surface area contributed by atoms with Crippen LogP contribution in [0.4, 0.5) is 23.7 Å². The van der Waals surface area contributed by atoms with Gasteiger partial charge < -0.3 is 15.2 Å². The summed E-state index contributed by atoms with van der Waals surface area (Å²) in [6.07, 6.45) is -2.82. The Balaban J connectivity index is 1.25. The number of carbonyl (C=O) groups is 1. The lowest BCUT2D eigenvalue weighted by atomic mass is 10.0. The van der Waals surface area contributed by atoms with Gasteiger partial charge in [-0.25, -0.2) is 9.78 Å². The first-order valence-corrected chi connectivity index (χ1v) is 14.3. The van der Waals surface area contributed by atoms with Crippen molar-refractivity contribution >= 4 is 23.3 Å². The molecule has 1 aliphatic rings. The van der Waals surface area contributed by atoms with Crippen molar-refractivity contribution in [2.24, 2.45) is 0 Å². The molecule has 3 aromatic carbocycles. The molecule has 5 rings (SSSR count). The first kappa shape index (κ1) is 29.7. The SMILES string of the molecule is Cc1ccc(CN(C(=O)Nc2ccccc2)C2CCN(Cc3nc(-c4ccc(C(F)(F)F)cc4)[nH]c3C)CC2)c(Cl)c1. The first-order chi connectivity index (χ1) is 20.1. The van der Waals surface area contributed by atoms with Gasteiger partial charge in [0.25, 0.3) is 0 Å². The number of rotatable bonds is 7. The van der Waals surface area contributed by atoms with Crippen LogP contribution in [0.3, 0.4) is 0 Å². The Kier molecular flexibility index (Phi) is 8.89. The number of imidazole rings is 1. The van der Waals surface area contributed by atoms with Gasteiger partial charge in [0.15, 0.2) is 0 Å². The summed E-state index contributed by atoms with van der Waals surface area (Å²) in [6.45, 7) is 6.45. The maximum atomic E-state index is 13.5. The van der Waals surface area contributed by atoms with Gasteiger partial charge in [-0.1, -0.05) is 54.1 Å². The zero-order valence-corrected chi connectivity index (χ0v) is 24.3. The number of H-pyrrole nitrogens is 1. The molecule has 2 N–H and O–H groups in total. The predicted molar refractivity (Wildman–Crippen MR) is 159 cm³/mol. The van der Waals surface area contributed by atoms with E-state index in [-0.39, 0.29) is 12.1 Å². The summed E-state index contributed by atoms with van der Waals surface area (Å²) >= 11 is 6.55. The van der Waals surface area contributed by atoms with E-state index in [9.17, 15) is 18.0 Å². The summed E-state index contributed by atoms with van der Waals surface area (Å²) in [5.74, 6) is 0.546. The van der Waals surface area contributed by atoms with Crippen molar-refractivity contribution in [2.45, 2.75) is 52.0 Å². The van der Waals surface area contributed by atoms with Crippen molar-refractivity contribution in [1.29, 1.82) is 0 Å². The average Bonchev–Trinajstić information content (AvgIpc) is 3.33. The molecule has 10 heteroatoms. The zero-order valence-electron chi connectivity index (χ0n) is 23.5. The van der Waals surface area contributed by atoms with E-state index in [4.69, 9.17) is 16.6 Å². The second-order valence-electron chi connectivity index (χ2n) is 10.8. The van der Waals surface area contributed by atoms with Crippen LogP contribution in [-0.4, -0.2) is 44.9 Å². The van der Waals surface area contributed by atoms with Crippen LogP contribution in [0.5, 0.6) is 0 Å². The maximum absolute atomic E-state index is 13.5. The third kappa shape index (κ3) is 7.14. The number of hydrogen-bond donors (Lipinski definition) is 2. The van der Waals surface area contributed by atoms with E-state index in [1.807, 2.05) is 67.3 Å². The molecule has 1 saturated heterocycles. The number of hydrogen-bond acceptors (Lipinski definition) is 3. The van der Waals surface area contributed by atoms with Crippen LogP contribution in [0.1, 0.15) is 40.9 Å². The van der Waals surface area contributed by atoms with Crippen molar-refractivity contribution in [1.82, 2.24) is 19.8 Å². The minimum absolute atomic E-state index is 0.0188. The number of nitrogens with one attached hydrogen (secondary N) is 2. The number of alkyl halides is 3. The highest BCUT2D eigenvalue weighted by molar-refractivity contribution is 6.31. The molecule has 0 spiro atoms. The number of aromatic nitrogens is 2. The number of anilines is 1. The molecular weight excluding hydrogens is 563 g/mol. The summed E-state index contributed by atoms with van der Waals surface area (Å²) in [5, 5.41) is 3.67. The molecule has 6 nitrogen and oxygen atoms in total. The lowest BCUT2D eigenvalue weighted by Gasteiger charge is -2.38. The van der Waals surface area contributed by atoms with Gasteiger partial charge in [0.05, 0.1) is 11.3 Å². The quantitative estimate of drug-likeness (QED) is 0.227. The molecule has 0 radical (unpaired) electrons. The number of amides is 2. The van der Waals surface area contributed by atoms with Crippen molar-refractivity contribution in [3.8, 4) is 11.4 Å². The van der Waals surface area contributed by atoms with Crippen LogP contribution in [0.25, 0.3) is 11.4 Å². The van der Waals surface area contributed by atoms with E-state index < -0.39 is 11.7 Å². The molecule has 1 aromatic heterocycles. The molecule has 0 bridgehead atoms. The fourth-order valence-electron chi connectivity index (χ4n) is 5.25. The van der Waals surface area contributed by atoms with Gasteiger partial charge in [0.1, 0.15) is 5.82 Å². The van der Waals surface area contributed by atoms with Crippen LogP contribution in [0, 0.1) is 13.8 Å². The third-order valence-corrected chi connectivity index (χ3v) is 8.03. The molecule has 1 aliphatic heterocycles. The summed E-state index contributed by atoms with van der Waals surface area (Å²) < 4.78 is 38.9. The number of piperidine rings is 1. The Morgan fingerprint density at radius 2 is 1.74 bits per heavy atom. The van der Waals surface area contributed by atoms with E-state index >= 15 is 0 Å². The van der Waals surface area contributed by atoms with E-state index in [1.165, 1.54) is 12.1 Å². The van der Waals surface area contributed by atoms with E-state index in [0.717, 1.165) is 66.3 Å². The number of urea groups is 1. The molecule has 4 aromatic rings. The molecule has 2 heterocycles. The average molecular weight is 596 g/mol. The highest BCUT2D eigenvalue weighted by atomic mass is 35.5. The number of halogens is 4. The van der Waals surface area contributed by atoms with Gasteiger partial charge in [-0.05, 0) is 68.1 Å². The highest BCUT2D eigenvalue weighted by Crippen LogP contribution is 2.31. The molecule has 1 fully saturated rings. The van der Waals surface area contributed by atoms with Crippen molar-refractivity contribution in [2.75, 3.05) is 18.4 Å². The number of nitrogens with zero attached hydrogens (tertiary/aromatic N) is 3. The van der Waals surface area contributed by atoms with E-state index in [2.05, 4.69) is 15.2 Å². The standard InChI is InChI=1S/C32H33ClF3N5O/c1-21-8-9-24(28(33)18-21)19-41(31(42)38-26-6-4-3-5-7-26)27-14-16-40(17-15-27)20-29-22(2)37-30(39-29)23-10-12-25(13-11-23)32(34,35)36/h3-13,18,27H,14-17,19-20H2,1-2H3,(H,37,39)(H,38,42). The summed E-state index contributed by atoms with van der Waals surface area (Å²) in [7, 11) is 0. The van der Waals surface area contributed by atoms with Crippen LogP contribution in [0.2, 0.25) is 5.02 Å². The number of likely N-dealkylation sites (tertiary alicyclic amines) is 1. The number of carbonyl (C=O) groups excluding carboxylic acids is 1. The van der Waals surface area contributed by atoms with Crippen LogP contribution >= 0.6 is 11.6 Å². The van der Waals surface area contributed by atoms with Gasteiger partial charge >= 0.3 is 12.2 Å². The van der Waals surface area contributed by atoms with Crippen LogP contribution in [-0.2, 0) is 19.3 Å². The normalized spacial score (nSPS) is 14.6. The van der Waals surface area contributed by atoms with E-state index in [1.54, 1.807) is 0 Å². The van der Waals surface area contributed by atoms with Gasteiger partial charge in [-0.15, -0.1) is 0 Å². The highest BCUT2D eigenvalue weighted by Gasteiger charge is 2.31. The largest absolute Gasteiger partial charge is 0.416 e. The molecular formula is C32H33ClF3N5O. The Morgan fingerprint density at radius 3 is 2.38 bits per heavy atom. The predicted octanol–water partition coefficient (Wildman–Crippen LogP) is 8.06. The molecule has 2 amide bonds. The van der Waals surface area contributed by atoms with Gasteiger partial charge in [0, 0.05) is 54.2 Å². The molecule has 0 atom stereocenters. The Labute approximate surface area is 248 Å². The zero-order chi connectivity index (χ0) is 29.9. The Hall–Kier alpha value is -3.82. The smallest absolute Gasteiger partial charge is 0.342 e. The van der Waals surface area contributed by atoms with Gasteiger partial charge in [-0.2, -0.15) is 13.2 Å². The van der Waals surface area contributed by atoms with Crippen molar-refractivity contribution in [3.63, 3.8) is 0 Å². The fraction of sp³-hybridized carbons (Fsp3) is 0.312. The number of benzene rings is 3. The summed E-state index contributed by atoms with van der Waals surface area (Å²) in [5.41, 5.74) is 4.35. The summed E-state index contributed by atoms with van der Waals surface area (Å²) in [6, 6.07) is 20.2. The fourth-order valence-corrected chi connectivity index (χ4v) is 5.55. The van der Waals surface area contributed by atoms with Gasteiger partial charge in [-0.3, -0.25) is 4.90 Å². The number of aromatic amines is 1.